The van der Waals surface area contributed by atoms with Crippen molar-refractivity contribution in [1.29, 1.82) is 0 Å². The highest BCUT2D eigenvalue weighted by Crippen LogP contribution is 2.16. The Labute approximate surface area is 172 Å². The Morgan fingerprint density at radius 3 is 2.24 bits per heavy atom. The summed E-state index contributed by atoms with van der Waals surface area (Å²) in [6, 6.07) is 16.0. The maximum Gasteiger partial charge on any atom is 0.261 e. The molecule has 0 radical (unpaired) electrons. The molecule has 0 fully saturated rings. The molecule has 0 aromatic heterocycles. The van der Waals surface area contributed by atoms with E-state index in [9.17, 15) is 9.59 Å². The molecule has 0 aliphatic rings. The Bertz CT molecular complexity index is 777. The Kier molecular flexibility index (Phi) is 8.52. The average molecular weight is 399 g/mol. The van der Waals surface area contributed by atoms with E-state index in [0.717, 1.165) is 17.7 Å². The van der Waals surface area contributed by atoms with Gasteiger partial charge in [0.2, 0.25) is 5.91 Å². The first kappa shape index (κ1) is 22.3. The minimum absolute atomic E-state index is 0.0449. The molecule has 2 atom stereocenters. The molecule has 2 aromatic carbocycles. The van der Waals surface area contributed by atoms with Gasteiger partial charge in [-0.25, -0.2) is 0 Å². The third kappa shape index (κ3) is 6.82. The fourth-order valence-corrected chi connectivity index (χ4v) is 2.72. The van der Waals surface area contributed by atoms with E-state index in [4.69, 9.17) is 9.47 Å². The molecule has 0 spiro atoms. The molecule has 0 saturated heterocycles. The Hall–Kier alpha value is -3.02. The number of rotatable bonds is 10. The highest BCUT2D eigenvalue weighted by Gasteiger charge is 2.27. The lowest BCUT2D eigenvalue weighted by atomic mass is 10.1. The van der Waals surface area contributed by atoms with Gasteiger partial charge < -0.3 is 19.7 Å². The maximum atomic E-state index is 12.9. The van der Waals surface area contributed by atoms with Gasteiger partial charge in [0.05, 0.1) is 7.11 Å². The largest absolute Gasteiger partial charge is 0.497 e. The third-order valence-corrected chi connectivity index (χ3v) is 4.79. The van der Waals surface area contributed by atoms with Crippen LogP contribution in [0, 0.1) is 0 Å². The summed E-state index contributed by atoms with van der Waals surface area (Å²) >= 11 is 0. The summed E-state index contributed by atoms with van der Waals surface area (Å²) in [5.41, 5.74) is 0.905. The monoisotopic (exact) mass is 398 g/mol. The summed E-state index contributed by atoms with van der Waals surface area (Å²) < 4.78 is 10.8. The second-order valence-corrected chi connectivity index (χ2v) is 6.97. The van der Waals surface area contributed by atoms with Crippen LogP contribution in [0.2, 0.25) is 0 Å². The minimum Gasteiger partial charge on any atom is -0.497 e. The minimum atomic E-state index is -0.627. The summed E-state index contributed by atoms with van der Waals surface area (Å²) in [7, 11) is 1.60. The zero-order chi connectivity index (χ0) is 21.2. The average Bonchev–Trinajstić information content (AvgIpc) is 2.76. The van der Waals surface area contributed by atoms with Crippen LogP contribution in [0.4, 0.5) is 0 Å². The molecule has 0 unspecified atom stereocenters. The lowest BCUT2D eigenvalue weighted by Crippen LogP contribution is -2.50. The first-order chi connectivity index (χ1) is 13.9. The van der Waals surface area contributed by atoms with Crippen molar-refractivity contribution in [2.75, 3.05) is 13.7 Å². The zero-order valence-corrected chi connectivity index (χ0v) is 17.6. The molecule has 2 aromatic rings. The smallest absolute Gasteiger partial charge is 0.261 e. The van der Waals surface area contributed by atoms with Crippen LogP contribution in [0.3, 0.4) is 0 Å². The molecule has 0 saturated carbocycles. The summed E-state index contributed by atoms with van der Waals surface area (Å²) in [4.78, 5) is 27.1. The molecule has 6 heteroatoms. The van der Waals surface area contributed by atoms with Crippen LogP contribution in [0.25, 0.3) is 0 Å². The van der Waals surface area contributed by atoms with Crippen LogP contribution < -0.4 is 14.8 Å². The fourth-order valence-electron chi connectivity index (χ4n) is 2.72. The third-order valence-electron chi connectivity index (χ3n) is 4.79. The number of methoxy groups -OCH3 is 1. The number of amides is 2. The molecule has 2 amide bonds. The SMILES string of the molecule is CC[C@@H](C)NC(=O)[C@@H](C)N(Cc1ccc(OC)cc1)C(=O)COc1ccccc1. The van der Waals surface area contributed by atoms with Crippen molar-refractivity contribution < 1.29 is 19.1 Å². The summed E-state index contributed by atoms with van der Waals surface area (Å²) in [6.07, 6.45) is 0.821. The molecule has 29 heavy (non-hydrogen) atoms. The van der Waals surface area contributed by atoms with Crippen molar-refractivity contribution in [3.05, 3.63) is 60.2 Å². The molecule has 2 rings (SSSR count). The molecule has 1 N–H and O–H groups in total. The first-order valence-corrected chi connectivity index (χ1v) is 9.85. The van der Waals surface area contributed by atoms with Crippen molar-refractivity contribution >= 4 is 11.8 Å². The standard InChI is InChI=1S/C23H30N2O4/c1-5-17(2)24-23(27)18(3)25(15-19-11-13-20(28-4)14-12-19)22(26)16-29-21-9-7-6-8-10-21/h6-14,17-18H,5,15-16H2,1-4H3,(H,24,27)/t17-,18-/m1/s1. The van der Waals surface area contributed by atoms with E-state index in [2.05, 4.69) is 5.32 Å². The summed E-state index contributed by atoms with van der Waals surface area (Å²) in [5, 5.41) is 2.95. The number of ether oxygens (including phenoxy) is 2. The van der Waals surface area contributed by atoms with Crippen molar-refractivity contribution in [3.8, 4) is 11.5 Å². The molecular weight excluding hydrogens is 368 g/mol. The van der Waals surface area contributed by atoms with Crippen molar-refractivity contribution in [1.82, 2.24) is 10.2 Å². The Balaban J connectivity index is 2.13. The fraction of sp³-hybridized carbons (Fsp3) is 0.391. The van der Waals surface area contributed by atoms with Gasteiger partial charge in [-0.1, -0.05) is 37.3 Å². The number of carbonyl (C=O) groups is 2. The zero-order valence-electron chi connectivity index (χ0n) is 17.6. The van der Waals surface area contributed by atoms with Crippen LogP contribution in [0.15, 0.2) is 54.6 Å². The highest BCUT2D eigenvalue weighted by atomic mass is 16.5. The Morgan fingerprint density at radius 1 is 1.00 bits per heavy atom. The van der Waals surface area contributed by atoms with Crippen molar-refractivity contribution in [2.45, 2.75) is 45.8 Å². The van der Waals surface area contributed by atoms with E-state index >= 15 is 0 Å². The number of carbonyl (C=O) groups excluding carboxylic acids is 2. The summed E-state index contributed by atoms with van der Waals surface area (Å²) in [6.45, 7) is 5.85. The van der Waals surface area contributed by atoms with E-state index in [1.54, 1.807) is 31.1 Å². The topological polar surface area (TPSA) is 67.9 Å². The molecule has 0 bridgehead atoms. The predicted molar refractivity (Wildman–Crippen MR) is 113 cm³/mol. The van der Waals surface area contributed by atoms with Gasteiger partial charge in [-0.3, -0.25) is 9.59 Å². The number of nitrogens with one attached hydrogen (secondary N) is 1. The van der Waals surface area contributed by atoms with Crippen molar-refractivity contribution in [2.24, 2.45) is 0 Å². The van der Waals surface area contributed by atoms with Crippen LogP contribution in [0.1, 0.15) is 32.8 Å². The van der Waals surface area contributed by atoms with Crippen LogP contribution in [-0.2, 0) is 16.1 Å². The van der Waals surface area contributed by atoms with Gasteiger partial charge in [-0.15, -0.1) is 0 Å². The van der Waals surface area contributed by atoms with E-state index < -0.39 is 6.04 Å². The van der Waals surface area contributed by atoms with Gasteiger partial charge in [-0.05, 0) is 50.1 Å². The number of nitrogens with zero attached hydrogens (tertiary/aromatic N) is 1. The lowest BCUT2D eigenvalue weighted by Gasteiger charge is -2.29. The van der Waals surface area contributed by atoms with E-state index in [0.29, 0.717) is 12.3 Å². The second kappa shape index (κ2) is 11.1. The van der Waals surface area contributed by atoms with E-state index in [1.165, 1.54) is 0 Å². The van der Waals surface area contributed by atoms with Gasteiger partial charge in [0.1, 0.15) is 17.5 Å². The number of para-hydroxylation sites is 1. The molecule has 0 heterocycles. The number of hydrogen-bond acceptors (Lipinski definition) is 4. The molecular formula is C23H30N2O4. The quantitative estimate of drug-likeness (QED) is 0.666. The van der Waals surface area contributed by atoms with Gasteiger partial charge in [0.25, 0.3) is 5.91 Å². The van der Waals surface area contributed by atoms with Crippen molar-refractivity contribution in [3.63, 3.8) is 0 Å². The summed E-state index contributed by atoms with van der Waals surface area (Å²) in [5.74, 6) is 0.918. The maximum absolute atomic E-state index is 12.9. The molecule has 156 valence electrons. The molecule has 0 aliphatic carbocycles. The number of benzene rings is 2. The normalized spacial score (nSPS) is 12.6. The van der Waals surface area contributed by atoms with Gasteiger partial charge in [-0.2, -0.15) is 0 Å². The Morgan fingerprint density at radius 2 is 1.66 bits per heavy atom. The first-order valence-electron chi connectivity index (χ1n) is 9.85. The highest BCUT2D eigenvalue weighted by molar-refractivity contribution is 5.88. The van der Waals surface area contributed by atoms with Gasteiger partial charge in [0.15, 0.2) is 6.61 Å². The lowest BCUT2D eigenvalue weighted by molar-refractivity contribution is -0.142. The van der Waals surface area contributed by atoms with Crippen LogP contribution in [0.5, 0.6) is 11.5 Å². The van der Waals surface area contributed by atoms with Gasteiger partial charge in [0, 0.05) is 12.6 Å². The van der Waals surface area contributed by atoms with Crippen LogP contribution >= 0.6 is 0 Å². The second-order valence-electron chi connectivity index (χ2n) is 6.97. The van der Waals surface area contributed by atoms with Gasteiger partial charge >= 0.3 is 0 Å². The predicted octanol–water partition coefficient (Wildman–Crippen LogP) is 3.41. The van der Waals surface area contributed by atoms with E-state index in [-0.39, 0.29) is 24.5 Å². The molecule has 6 nitrogen and oxygen atoms in total. The molecule has 0 aliphatic heterocycles. The van der Waals surface area contributed by atoms with Crippen LogP contribution in [-0.4, -0.2) is 42.5 Å². The van der Waals surface area contributed by atoms with E-state index in [1.807, 2.05) is 56.3 Å². The number of hydrogen-bond donors (Lipinski definition) is 1.